The fourth-order valence-corrected chi connectivity index (χ4v) is 4.46. The number of tetrazole rings is 1. The van der Waals surface area contributed by atoms with E-state index in [1.54, 1.807) is 11.9 Å². The smallest absolute Gasteiger partial charge is 0.244 e. The van der Waals surface area contributed by atoms with Crippen molar-refractivity contribution in [1.82, 2.24) is 30.0 Å². The van der Waals surface area contributed by atoms with Gasteiger partial charge in [-0.25, -0.2) is 4.68 Å². The van der Waals surface area contributed by atoms with E-state index in [0.717, 1.165) is 24.7 Å². The van der Waals surface area contributed by atoms with Crippen molar-refractivity contribution >= 4 is 11.8 Å². The Bertz CT molecular complexity index is 605. The Hall–Kier alpha value is -1.99. The maximum atomic E-state index is 13.1. The predicted molar refractivity (Wildman–Crippen MR) is 95.9 cm³/mol. The van der Waals surface area contributed by atoms with E-state index in [9.17, 15) is 9.59 Å². The Morgan fingerprint density at radius 3 is 2.42 bits per heavy atom. The number of carbonyl (C=O) groups excluding carboxylic acids is 2. The Morgan fingerprint density at radius 1 is 1.15 bits per heavy atom. The van der Waals surface area contributed by atoms with Crippen molar-refractivity contribution < 1.29 is 9.59 Å². The molecular weight excluding hydrogens is 332 g/mol. The van der Waals surface area contributed by atoms with Crippen LogP contribution in [-0.2, 0) is 16.1 Å². The largest absolute Gasteiger partial charge is 0.342 e. The first-order chi connectivity index (χ1) is 12.4. The minimum absolute atomic E-state index is 0.0656. The third-order valence-corrected chi connectivity index (χ3v) is 5.93. The fourth-order valence-electron chi connectivity index (χ4n) is 4.46. The highest BCUT2D eigenvalue weighted by Gasteiger charge is 2.38. The number of fused-ring (bicyclic) bond motifs is 2. The molecule has 1 heterocycles. The van der Waals surface area contributed by atoms with Crippen LogP contribution in [-0.4, -0.2) is 68.0 Å². The molecule has 0 N–H and O–H groups in total. The van der Waals surface area contributed by atoms with Crippen LogP contribution in [0.4, 0.5) is 0 Å². The number of hydrogen-bond donors (Lipinski definition) is 0. The van der Waals surface area contributed by atoms with Crippen LogP contribution in [0.5, 0.6) is 0 Å². The van der Waals surface area contributed by atoms with Crippen molar-refractivity contribution in [3.8, 4) is 0 Å². The van der Waals surface area contributed by atoms with Gasteiger partial charge in [0.15, 0.2) is 0 Å². The maximum Gasteiger partial charge on any atom is 0.244 e. The number of nitrogens with zero attached hydrogens (tertiary/aromatic N) is 6. The molecule has 0 radical (unpaired) electrons. The van der Waals surface area contributed by atoms with Crippen LogP contribution in [0.3, 0.4) is 0 Å². The normalized spacial score (nSPS) is 24.7. The van der Waals surface area contributed by atoms with Crippen LogP contribution in [0, 0.1) is 17.8 Å². The third-order valence-electron chi connectivity index (χ3n) is 5.93. The van der Waals surface area contributed by atoms with Crippen molar-refractivity contribution in [2.45, 2.75) is 58.5 Å². The number of likely N-dealkylation sites (N-methyl/N-ethyl adjacent to an activating group) is 1. The second-order valence-corrected chi connectivity index (χ2v) is 8.16. The summed E-state index contributed by atoms with van der Waals surface area (Å²) in [6.07, 6.45) is 7.43. The van der Waals surface area contributed by atoms with E-state index in [2.05, 4.69) is 29.4 Å². The molecule has 8 nitrogen and oxygen atoms in total. The lowest BCUT2D eigenvalue weighted by molar-refractivity contribution is -0.140. The third kappa shape index (κ3) is 4.40. The van der Waals surface area contributed by atoms with Crippen molar-refractivity contribution in [3.63, 3.8) is 0 Å². The summed E-state index contributed by atoms with van der Waals surface area (Å²) in [6, 6.07) is 0.144. The van der Waals surface area contributed by atoms with Gasteiger partial charge in [-0.1, -0.05) is 12.8 Å². The molecule has 2 aliphatic rings. The maximum absolute atomic E-state index is 13.1. The summed E-state index contributed by atoms with van der Waals surface area (Å²) < 4.78 is 1.40. The zero-order valence-electron chi connectivity index (χ0n) is 16.0. The number of hydrogen-bond acceptors (Lipinski definition) is 5. The minimum Gasteiger partial charge on any atom is -0.342 e. The molecule has 2 atom stereocenters. The van der Waals surface area contributed by atoms with Crippen LogP contribution in [0.25, 0.3) is 0 Å². The number of carbonyl (C=O) groups is 2. The van der Waals surface area contributed by atoms with E-state index in [1.165, 1.54) is 30.3 Å². The molecule has 0 aromatic carbocycles. The van der Waals surface area contributed by atoms with Gasteiger partial charge in [0.2, 0.25) is 11.8 Å². The number of amides is 2. The topological polar surface area (TPSA) is 84.2 Å². The molecule has 0 spiro atoms. The Kier molecular flexibility index (Phi) is 5.88. The number of aromatic nitrogens is 4. The first-order valence-electron chi connectivity index (χ1n) is 9.69. The molecule has 2 aliphatic carbocycles. The van der Waals surface area contributed by atoms with Crippen molar-refractivity contribution in [3.05, 3.63) is 6.33 Å². The minimum atomic E-state index is -0.0656. The highest BCUT2D eigenvalue weighted by atomic mass is 16.2. The second-order valence-electron chi connectivity index (χ2n) is 8.16. The van der Waals surface area contributed by atoms with Crippen LogP contribution in [0.15, 0.2) is 6.33 Å². The molecule has 26 heavy (non-hydrogen) atoms. The molecule has 2 saturated carbocycles. The van der Waals surface area contributed by atoms with Gasteiger partial charge in [0.1, 0.15) is 12.9 Å². The van der Waals surface area contributed by atoms with Crippen molar-refractivity contribution in [2.75, 3.05) is 20.1 Å². The van der Waals surface area contributed by atoms with Gasteiger partial charge in [0.25, 0.3) is 0 Å². The standard InChI is InChI=1S/C18H30N6O2/c1-13(2)24(18(26)16-9-14-4-5-15(8-14)10-16)7-6-22(3)17(25)11-23-12-19-20-21-23/h12-16H,4-11H2,1-3H3. The summed E-state index contributed by atoms with van der Waals surface area (Å²) in [7, 11) is 1.76. The molecule has 2 bridgehead atoms. The molecule has 3 rings (SSSR count). The van der Waals surface area contributed by atoms with Crippen LogP contribution < -0.4 is 0 Å². The highest BCUT2D eigenvalue weighted by Crippen LogP contribution is 2.45. The molecule has 144 valence electrons. The average molecular weight is 362 g/mol. The first kappa shape index (κ1) is 18.8. The van der Waals surface area contributed by atoms with E-state index in [0.29, 0.717) is 13.1 Å². The zero-order valence-corrected chi connectivity index (χ0v) is 16.0. The molecule has 0 saturated heterocycles. The first-order valence-corrected chi connectivity index (χ1v) is 9.69. The summed E-state index contributed by atoms with van der Waals surface area (Å²) >= 11 is 0. The van der Waals surface area contributed by atoms with E-state index in [1.807, 2.05) is 4.90 Å². The molecule has 2 fully saturated rings. The van der Waals surface area contributed by atoms with Crippen LogP contribution >= 0.6 is 0 Å². The molecular formula is C18H30N6O2. The Labute approximate surface area is 154 Å². The molecule has 0 aliphatic heterocycles. The predicted octanol–water partition coefficient (Wildman–Crippen LogP) is 1.19. The number of rotatable bonds is 7. The molecule has 1 aromatic heterocycles. The van der Waals surface area contributed by atoms with Gasteiger partial charge in [-0.3, -0.25) is 9.59 Å². The summed E-state index contributed by atoms with van der Waals surface area (Å²) in [4.78, 5) is 29.0. The van der Waals surface area contributed by atoms with E-state index < -0.39 is 0 Å². The van der Waals surface area contributed by atoms with Gasteiger partial charge in [-0.2, -0.15) is 0 Å². The molecule has 2 unspecified atom stereocenters. The monoisotopic (exact) mass is 362 g/mol. The van der Waals surface area contributed by atoms with Gasteiger partial charge in [0, 0.05) is 32.1 Å². The lowest BCUT2D eigenvalue weighted by atomic mass is 9.80. The van der Waals surface area contributed by atoms with Gasteiger partial charge in [-0.15, -0.1) is 5.10 Å². The van der Waals surface area contributed by atoms with Crippen LogP contribution in [0.1, 0.15) is 46.0 Å². The quantitative estimate of drug-likeness (QED) is 0.727. The summed E-state index contributed by atoms with van der Waals surface area (Å²) in [5.74, 6) is 1.88. The van der Waals surface area contributed by atoms with E-state index in [-0.39, 0.29) is 30.3 Å². The molecule has 1 aromatic rings. The van der Waals surface area contributed by atoms with Crippen LogP contribution in [0.2, 0.25) is 0 Å². The summed E-state index contributed by atoms with van der Waals surface area (Å²) in [5, 5.41) is 10.8. The molecule has 8 heteroatoms. The summed E-state index contributed by atoms with van der Waals surface area (Å²) in [5.41, 5.74) is 0. The summed E-state index contributed by atoms with van der Waals surface area (Å²) in [6.45, 7) is 5.31. The second kappa shape index (κ2) is 8.14. The lowest BCUT2D eigenvalue weighted by Gasteiger charge is -2.35. The van der Waals surface area contributed by atoms with E-state index >= 15 is 0 Å². The zero-order chi connectivity index (χ0) is 18.7. The van der Waals surface area contributed by atoms with Gasteiger partial charge < -0.3 is 9.80 Å². The Balaban J connectivity index is 1.53. The fraction of sp³-hybridized carbons (Fsp3) is 0.833. The van der Waals surface area contributed by atoms with E-state index in [4.69, 9.17) is 0 Å². The lowest BCUT2D eigenvalue weighted by Crippen LogP contribution is -2.46. The van der Waals surface area contributed by atoms with Crippen molar-refractivity contribution in [1.29, 1.82) is 0 Å². The Morgan fingerprint density at radius 2 is 1.85 bits per heavy atom. The molecule has 2 amide bonds. The SMILES string of the molecule is CC(C)N(CCN(C)C(=O)Cn1cnnn1)C(=O)C1CC2CCC(C2)C1. The highest BCUT2D eigenvalue weighted by molar-refractivity contribution is 5.79. The van der Waals surface area contributed by atoms with Crippen molar-refractivity contribution in [2.24, 2.45) is 17.8 Å². The van der Waals surface area contributed by atoms with Gasteiger partial charge >= 0.3 is 0 Å². The van der Waals surface area contributed by atoms with Gasteiger partial charge in [0.05, 0.1) is 0 Å². The average Bonchev–Trinajstić information content (AvgIpc) is 3.23. The van der Waals surface area contributed by atoms with Gasteiger partial charge in [-0.05, 0) is 55.4 Å².